The lowest BCUT2D eigenvalue weighted by Gasteiger charge is -2.16. The van der Waals surface area contributed by atoms with Crippen LogP contribution in [-0.4, -0.2) is 31.6 Å². The summed E-state index contributed by atoms with van der Waals surface area (Å²) in [5.41, 5.74) is 0.754. The van der Waals surface area contributed by atoms with Crippen LogP contribution in [0.25, 0.3) is 11.3 Å². The van der Waals surface area contributed by atoms with Gasteiger partial charge in [0.15, 0.2) is 0 Å². The van der Waals surface area contributed by atoms with Gasteiger partial charge in [0.05, 0.1) is 24.1 Å². The van der Waals surface area contributed by atoms with Crippen LogP contribution in [0.4, 0.5) is 0 Å². The smallest absolute Gasteiger partial charge is 0.311 e. The van der Waals surface area contributed by atoms with Gasteiger partial charge < -0.3 is 8.92 Å². The maximum Gasteiger partial charge on any atom is 0.311 e. The maximum absolute atomic E-state index is 12.6. The second-order valence-corrected chi connectivity index (χ2v) is 8.30. The predicted octanol–water partition coefficient (Wildman–Crippen LogP) is 2.88. The van der Waals surface area contributed by atoms with Gasteiger partial charge in [-0.1, -0.05) is 25.4 Å². The van der Waals surface area contributed by atoms with Gasteiger partial charge in [0.2, 0.25) is 5.75 Å². The van der Waals surface area contributed by atoms with Gasteiger partial charge in [-0.25, -0.2) is 4.68 Å². The van der Waals surface area contributed by atoms with Crippen molar-refractivity contribution < 1.29 is 17.3 Å². The van der Waals surface area contributed by atoms with Gasteiger partial charge in [-0.2, -0.15) is 13.5 Å². The zero-order valence-electron chi connectivity index (χ0n) is 15.2. The van der Waals surface area contributed by atoms with Crippen LogP contribution in [-0.2, 0) is 16.7 Å². The van der Waals surface area contributed by atoms with Crippen LogP contribution in [0.3, 0.4) is 0 Å². The van der Waals surface area contributed by atoms with E-state index >= 15 is 0 Å². The molecule has 0 aliphatic carbocycles. The van der Waals surface area contributed by atoms with Crippen molar-refractivity contribution in [3.8, 4) is 22.8 Å². The van der Waals surface area contributed by atoms with E-state index in [1.54, 1.807) is 25.1 Å². The van der Waals surface area contributed by atoms with Gasteiger partial charge >= 0.3 is 15.7 Å². The lowest BCUT2D eigenvalue weighted by molar-refractivity contribution is 0.415. The summed E-state index contributed by atoms with van der Waals surface area (Å²) in [6.45, 7) is 5.75. The highest BCUT2D eigenvalue weighted by molar-refractivity contribution is 7.86. The average molecular weight is 401 g/mol. The normalized spacial score (nSPS) is 11.7. The minimum absolute atomic E-state index is 0.126. The molecule has 0 aliphatic heterocycles. The quantitative estimate of drug-likeness (QED) is 0.693. The van der Waals surface area contributed by atoms with E-state index in [2.05, 4.69) is 5.10 Å². The van der Waals surface area contributed by atoms with Crippen molar-refractivity contribution in [2.24, 2.45) is 5.92 Å². The first-order valence-electron chi connectivity index (χ1n) is 7.88. The number of hydrogen-bond acceptors (Lipinski definition) is 6. The highest BCUT2D eigenvalue weighted by Crippen LogP contribution is 2.32. The van der Waals surface area contributed by atoms with Crippen molar-refractivity contribution in [1.82, 2.24) is 9.78 Å². The van der Waals surface area contributed by atoms with E-state index in [1.807, 2.05) is 13.8 Å². The van der Waals surface area contributed by atoms with Crippen molar-refractivity contribution in [2.45, 2.75) is 27.3 Å². The molecule has 0 N–H and O–H groups in total. The van der Waals surface area contributed by atoms with E-state index in [-0.39, 0.29) is 11.7 Å². The summed E-state index contributed by atoms with van der Waals surface area (Å²) in [5, 5.41) is 4.77. The number of ether oxygens (including phenoxy) is 1. The molecule has 0 radical (unpaired) electrons. The lowest BCUT2D eigenvalue weighted by Crippen LogP contribution is -2.29. The molecule has 0 saturated carbocycles. The molecule has 0 atom stereocenters. The highest BCUT2D eigenvalue weighted by atomic mass is 35.5. The Hall–Kier alpha value is -2.06. The molecule has 2 aromatic rings. The average Bonchev–Trinajstić information content (AvgIpc) is 2.52. The topological polar surface area (TPSA) is 87.5 Å². The van der Waals surface area contributed by atoms with Gasteiger partial charge in [0.1, 0.15) is 5.75 Å². The molecule has 0 bridgehead atoms. The summed E-state index contributed by atoms with van der Waals surface area (Å²) in [5.74, 6) is 0.363. The van der Waals surface area contributed by atoms with Crippen LogP contribution in [0.15, 0.2) is 23.0 Å². The summed E-state index contributed by atoms with van der Waals surface area (Å²) in [6.07, 6.45) is 0.892. The highest BCUT2D eigenvalue weighted by Gasteiger charge is 2.21. The number of nitrogens with zero attached hydrogens (tertiary/aromatic N) is 2. The van der Waals surface area contributed by atoms with E-state index in [0.717, 1.165) is 6.26 Å². The number of methoxy groups -OCH3 is 1. The molecule has 0 amide bonds. The van der Waals surface area contributed by atoms with Crippen molar-refractivity contribution >= 4 is 21.7 Å². The minimum Gasteiger partial charge on any atom is -0.495 e. The Labute approximate surface area is 157 Å². The van der Waals surface area contributed by atoms with E-state index < -0.39 is 15.7 Å². The van der Waals surface area contributed by atoms with Gasteiger partial charge in [0, 0.05) is 17.7 Å². The molecule has 0 spiro atoms. The summed E-state index contributed by atoms with van der Waals surface area (Å²) in [6, 6.07) is 5.05. The molecule has 9 heteroatoms. The molecule has 26 heavy (non-hydrogen) atoms. The van der Waals surface area contributed by atoms with Gasteiger partial charge in [-0.15, -0.1) is 0 Å². The number of aromatic nitrogens is 2. The van der Waals surface area contributed by atoms with Crippen molar-refractivity contribution in [2.75, 3.05) is 13.4 Å². The Bertz CT molecular complexity index is 983. The monoisotopic (exact) mass is 400 g/mol. The second-order valence-electron chi connectivity index (χ2n) is 6.32. The van der Waals surface area contributed by atoms with E-state index in [0.29, 0.717) is 34.1 Å². The fraction of sp³-hybridized carbons (Fsp3) is 0.412. The molecular weight excluding hydrogens is 380 g/mol. The van der Waals surface area contributed by atoms with Crippen LogP contribution >= 0.6 is 11.6 Å². The third kappa shape index (κ3) is 4.56. The molecule has 7 nitrogen and oxygen atoms in total. The van der Waals surface area contributed by atoms with Crippen molar-refractivity contribution in [3.05, 3.63) is 39.1 Å². The minimum atomic E-state index is -3.87. The molecule has 1 aromatic heterocycles. The van der Waals surface area contributed by atoms with Crippen LogP contribution in [0.1, 0.15) is 19.4 Å². The lowest BCUT2D eigenvalue weighted by atomic mass is 10.1. The molecule has 0 fully saturated rings. The second kappa shape index (κ2) is 7.67. The van der Waals surface area contributed by atoms with E-state index in [9.17, 15) is 13.2 Å². The number of rotatable bonds is 6. The van der Waals surface area contributed by atoms with Crippen molar-refractivity contribution in [3.63, 3.8) is 0 Å². The van der Waals surface area contributed by atoms with Crippen LogP contribution in [0.5, 0.6) is 11.5 Å². The largest absolute Gasteiger partial charge is 0.495 e. The SMILES string of the molecule is COc1ccc(-c2nn(CC(C)C)c(=O)c(OS(C)(=O)=O)c2C)cc1Cl. The van der Waals surface area contributed by atoms with E-state index in [1.165, 1.54) is 11.8 Å². The zero-order chi connectivity index (χ0) is 19.6. The molecule has 1 aromatic carbocycles. The Morgan fingerprint density at radius 2 is 1.96 bits per heavy atom. The van der Waals surface area contributed by atoms with Gasteiger partial charge in [0.25, 0.3) is 0 Å². The first-order chi connectivity index (χ1) is 12.0. The maximum atomic E-state index is 12.6. The summed E-state index contributed by atoms with van der Waals surface area (Å²) < 4.78 is 34.5. The van der Waals surface area contributed by atoms with Gasteiger partial charge in [-0.3, -0.25) is 4.79 Å². The fourth-order valence-corrected chi connectivity index (χ4v) is 3.19. The number of benzene rings is 1. The Kier molecular flexibility index (Phi) is 5.98. The molecule has 0 saturated heterocycles. The Morgan fingerprint density at radius 3 is 2.46 bits per heavy atom. The first-order valence-corrected chi connectivity index (χ1v) is 10.1. The standard InChI is InChI=1S/C17H21ClN2O5S/c1-10(2)9-20-17(21)16(25-26(5,22)23)11(3)15(19-20)12-6-7-14(24-4)13(18)8-12/h6-8,10H,9H2,1-5H3. The third-order valence-corrected chi connectivity index (χ3v) is 4.31. The fourth-order valence-electron chi connectivity index (χ4n) is 2.43. The van der Waals surface area contributed by atoms with Crippen molar-refractivity contribution in [1.29, 1.82) is 0 Å². The summed E-state index contributed by atoms with van der Waals surface area (Å²) in [7, 11) is -2.37. The van der Waals surface area contributed by atoms with Crippen LogP contribution in [0, 0.1) is 12.8 Å². The van der Waals surface area contributed by atoms with Gasteiger partial charge in [-0.05, 0) is 31.0 Å². The van der Waals surface area contributed by atoms with Crippen LogP contribution in [0.2, 0.25) is 5.02 Å². The Balaban J connectivity index is 2.74. The van der Waals surface area contributed by atoms with E-state index in [4.69, 9.17) is 20.5 Å². The molecule has 0 aliphatic rings. The molecular formula is C17H21ClN2O5S. The zero-order valence-corrected chi connectivity index (χ0v) is 16.8. The molecule has 2 rings (SSSR count). The number of halogens is 1. The molecule has 142 valence electrons. The molecule has 1 heterocycles. The predicted molar refractivity (Wildman–Crippen MR) is 101 cm³/mol. The number of hydrogen-bond donors (Lipinski definition) is 0. The summed E-state index contributed by atoms with van der Waals surface area (Å²) in [4.78, 5) is 12.6. The Morgan fingerprint density at radius 1 is 1.31 bits per heavy atom. The third-order valence-electron chi connectivity index (χ3n) is 3.54. The van der Waals surface area contributed by atoms with Crippen LogP contribution < -0.4 is 14.5 Å². The molecule has 0 unspecified atom stereocenters. The first kappa shape index (κ1) is 20.3. The summed E-state index contributed by atoms with van der Waals surface area (Å²) >= 11 is 6.18.